The predicted octanol–water partition coefficient (Wildman–Crippen LogP) is 0.432. The molecule has 3 nitrogen and oxygen atoms in total. The molecule has 0 aliphatic heterocycles. The van der Waals surface area contributed by atoms with Gasteiger partial charge in [-0.2, -0.15) is 4.31 Å². The molecule has 0 amide bonds. The molecule has 68 valence electrons. The maximum absolute atomic E-state index is 11.5. The minimum atomic E-state index is -3.09. The molecule has 1 rings (SSSR count). The van der Waals surface area contributed by atoms with E-state index >= 15 is 0 Å². The minimum Gasteiger partial charge on any atom is -0.212 e. The summed E-state index contributed by atoms with van der Waals surface area (Å²) in [7, 11) is -1.55. The molecule has 0 heterocycles. The monoisotopic (exact) mass is 187 g/mol. The number of hydrogen-bond acceptors (Lipinski definition) is 2. The Kier molecular flexibility index (Phi) is 2.45. The van der Waals surface area contributed by atoms with Crippen LogP contribution in [0.4, 0.5) is 0 Å². The van der Waals surface area contributed by atoms with Crippen LogP contribution in [0.2, 0.25) is 0 Å². The summed E-state index contributed by atoms with van der Waals surface area (Å²) in [5.41, 5.74) is 0. The van der Waals surface area contributed by atoms with Gasteiger partial charge in [-0.15, -0.1) is 6.42 Å². The Morgan fingerprint density at radius 1 is 1.58 bits per heavy atom. The van der Waals surface area contributed by atoms with E-state index < -0.39 is 10.0 Å². The summed E-state index contributed by atoms with van der Waals surface area (Å²) in [6.07, 6.45) is 6.70. The predicted molar refractivity (Wildman–Crippen MR) is 48.0 cm³/mol. The molecule has 1 unspecified atom stereocenters. The first kappa shape index (κ1) is 9.56. The Labute approximate surface area is 73.8 Å². The van der Waals surface area contributed by atoms with E-state index in [0.717, 1.165) is 12.8 Å². The second-order valence-electron chi connectivity index (χ2n) is 3.10. The summed E-state index contributed by atoms with van der Waals surface area (Å²) in [5, 5.41) is -0.168. The minimum absolute atomic E-state index is 0.168. The SMILES string of the molecule is C#CC(C)N(C)S(=O)(=O)C1CC1. The van der Waals surface area contributed by atoms with Crippen LogP contribution in [-0.4, -0.2) is 31.1 Å². The molecule has 0 N–H and O–H groups in total. The zero-order chi connectivity index (χ0) is 9.35. The molecule has 1 aliphatic carbocycles. The smallest absolute Gasteiger partial charge is 0.212 e. The van der Waals surface area contributed by atoms with E-state index in [1.54, 1.807) is 6.92 Å². The van der Waals surface area contributed by atoms with Gasteiger partial charge in [-0.05, 0) is 19.8 Å². The molecule has 0 radical (unpaired) electrons. The van der Waals surface area contributed by atoms with Crippen LogP contribution in [0.15, 0.2) is 0 Å². The molecule has 1 aliphatic rings. The van der Waals surface area contributed by atoms with Gasteiger partial charge in [0.1, 0.15) is 0 Å². The zero-order valence-corrected chi connectivity index (χ0v) is 8.13. The van der Waals surface area contributed by atoms with Gasteiger partial charge in [-0.3, -0.25) is 0 Å². The standard InChI is InChI=1S/C8H13NO2S/c1-4-7(2)9(3)12(10,11)8-5-6-8/h1,7-8H,5-6H2,2-3H3. The van der Waals surface area contributed by atoms with E-state index in [2.05, 4.69) is 5.92 Å². The van der Waals surface area contributed by atoms with Crippen molar-refractivity contribution < 1.29 is 8.42 Å². The lowest BCUT2D eigenvalue weighted by Gasteiger charge is -2.19. The molecule has 0 spiro atoms. The Morgan fingerprint density at radius 2 is 2.08 bits per heavy atom. The van der Waals surface area contributed by atoms with Crippen LogP contribution in [-0.2, 0) is 10.0 Å². The van der Waals surface area contributed by atoms with Crippen molar-refractivity contribution in [2.24, 2.45) is 0 Å². The zero-order valence-electron chi connectivity index (χ0n) is 7.32. The average molecular weight is 187 g/mol. The largest absolute Gasteiger partial charge is 0.217 e. The quantitative estimate of drug-likeness (QED) is 0.601. The first-order chi connectivity index (χ1) is 5.50. The topological polar surface area (TPSA) is 37.4 Å². The highest BCUT2D eigenvalue weighted by molar-refractivity contribution is 7.90. The second kappa shape index (κ2) is 3.08. The lowest BCUT2D eigenvalue weighted by atomic mass is 10.4. The number of hydrogen-bond donors (Lipinski definition) is 0. The third-order valence-electron chi connectivity index (χ3n) is 2.13. The fraction of sp³-hybridized carbons (Fsp3) is 0.750. The molecule has 1 saturated carbocycles. The van der Waals surface area contributed by atoms with Gasteiger partial charge in [0, 0.05) is 7.05 Å². The highest BCUT2D eigenvalue weighted by Crippen LogP contribution is 2.30. The van der Waals surface area contributed by atoms with Crippen molar-refractivity contribution in [2.45, 2.75) is 31.1 Å². The third-order valence-corrected chi connectivity index (χ3v) is 4.57. The summed E-state index contributed by atoms with van der Waals surface area (Å²) < 4.78 is 24.3. The van der Waals surface area contributed by atoms with Crippen molar-refractivity contribution in [3.8, 4) is 12.3 Å². The van der Waals surface area contributed by atoms with Crippen LogP contribution < -0.4 is 0 Å². The Morgan fingerprint density at radius 3 is 2.42 bits per heavy atom. The fourth-order valence-corrected chi connectivity index (χ4v) is 2.63. The van der Waals surface area contributed by atoms with Crippen LogP contribution in [0.5, 0.6) is 0 Å². The van der Waals surface area contributed by atoms with Crippen LogP contribution in [0.1, 0.15) is 19.8 Å². The van der Waals surface area contributed by atoms with Gasteiger partial charge < -0.3 is 0 Å². The summed E-state index contributed by atoms with van der Waals surface area (Å²) in [6.45, 7) is 1.71. The van der Waals surface area contributed by atoms with E-state index in [1.165, 1.54) is 11.4 Å². The average Bonchev–Trinajstić information content (AvgIpc) is 2.83. The normalized spacial score (nSPS) is 20.5. The fourth-order valence-electron chi connectivity index (χ4n) is 0.926. The maximum atomic E-state index is 11.5. The number of terminal acetylenes is 1. The van der Waals surface area contributed by atoms with Crippen LogP contribution >= 0.6 is 0 Å². The molecular weight excluding hydrogens is 174 g/mol. The molecule has 0 aromatic carbocycles. The number of rotatable bonds is 3. The van der Waals surface area contributed by atoms with Gasteiger partial charge in [-0.25, -0.2) is 8.42 Å². The van der Waals surface area contributed by atoms with Gasteiger partial charge in [0.15, 0.2) is 0 Å². The number of nitrogens with zero attached hydrogens (tertiary/aromatic N) is 1. The summed E-state index contributed by atoms with van der Waals surface area (Å²) >= 11 is 0. The molecule has 1 atom stereocenters. The maximum Gasteiger partial charge on any atom is 0.217 e. The van der Waals surface area contributed by atoms with Gasteiger partial charge in [0.05, 0.1) is 11.3 Å². The number of sulfonamides is 1. The van der Waals surface area contributed by atoms with Gasteiger partial charge in [-0.1, -0.05) is 5.92 Å². The molecule has 0 bridgehead atoms. The molecule has 4 heteroatoms. The molecule has 0 saturated heterocycles. The van der Waals surface area contributed by atoms with Crippen molar-refractivity contribution in [3.05, 3.63) is 0 Å². The van der Waals surface area contributed by atoms with Gasteiger partial charge in [0.2, 0.25) is 10.0 Å². The van der Waals surface area contributed by atoms with Crippen LogP contribution in [0, 0.1) is 12.3 Å². The first-order valence-electron chi connectivity index (χ1n) is 3.93. The van der Waals surface area contributed by atoms with Crippen molar-refractivity contribution in [3.63, 3.8) is 0 Å². The van der Waals surface area contributed by atoms with E-state index in [0.29, 0.717) is 0 Å². The van der Waals surface area contributed by atoms with Gasteiger partial charge >= 0.3 is 0 Å². The van der Waals surface area contributed by atoms with Crippen LogP contribution in [0.25, 0.3) is 0 Å². The highest BCUT2D eigenvalue weighted by atomic mass is 32.2. The molecule has 12 heavy (non-hydrogen) atoms. The molecule has 0 aromatic rings. The second-order valence-corrected chi connectivity index (χ2v) is 5.38. The molecular formula is C8H13NO2S. The molecule has 0 aromatic heterocycles. The first-order valence-corrected chi connectivity index (χ1v) is 5.43. The summed E-state index contributed by atoms with van der Waals surface area (Å²) in [5.74, 6) is 2.40. The van der Waals surface area contributed by atoms with E-state index in [9.17, 15) is 8.42 Å². The lowest BCUT2D eigenvalue weighted by Crippen LogP contribution is -2.36. The van der Waals surface area contributed by atoms with Crippen molar-refractivity contribution >= 4 is 10.0 Å². The lowest BCUT2D eigenvalue weighted by molar-refractivity contribution is 0.443. The van der Waals surface area contributed by atoms with E-state index in [1.807, 2.05) is 0 Å². The van der Waals surface area contributed by atoms with Crippen molar-refractivity contribution in [1.82, 2.24) is 4.31 Å². The summed E-state index contributed by atoms with van der Waals surface area (Å²) in [6, 6.07) is -0.337. The Hall–Kier alpha value is -0.530. The Balaban J connectivity index is 2.76. The van der Waals surface area contributed by atoms with Crippen LogP contribution in [0.3, 0.4) is 0 Å². The Bertz CT molecular complexity index is 298. The van der Waals surface area contributed by atoms with Crippen molar-refractivity contribution in [1.29, 1.82) is 0 Å². The summed E-state index contributed by atoms with van der Waals surface area (Å²) in [4.78, 5) is 0. The van der Waals surface area contributed by atoms with E-state index in [4.69, 9.17) is 6.42 Å². The third kappa shape index (κ3) is 1.62. The van der Waals surface area contributed by atoms with Gasteiger partial charge in [0.25, 0.3) is 0 Å². The highest BCUT2D eigenvalue weighted by Gasteiger charge is 2.39. The molecule has 1 fully saturated rings. The van der Waals surface area contributed by atoms with E-state index in [-0.39, 0.29) is 11.3 Å². The van der Waals surface area contributed by atoms with Crippen molar-refractivity contribution in [2.75, 3.05) is 7.05 Å².